The molecule has 0 spiro atoms. The molecule has 240 valence electrons. The molecule has 3 aromatic rings. The Hall–Kier alpha value is -3.95. The molecule has 3 N–H and O–H groups in total. The number of amides is 1. The quantitative estimate of drug-likeness (QED) is 0.214. The number of terminal acetylenes is 1. The molecule has 0 saturated carbocycles. The third-order valence-electron chi connectivity index (χ3n) is 10.3. The van der Waals surface area contributed by atoms with Crippen LogP contribution in [0, 0.1) is 24.2 Å². The third-order valence-corrected chi connectivity index (χ3v) is 12.2. The lowest BCUT2D eigenvalue weighted by Crippen LogP contribution is -2.32. The van der Waals surface area contributed by atoms with Crippen LogP contribution in [0.3, 0.4) is 0 Å². The number of ether oxygens (including phenoxy) is 1. The number of hydrogen-bond donors (Lipinski definition) is 3. The van der Waals surface area contributed by atoms with Gasteiger partial charge >= 0.3 is 0 Å². The van der Waals surface area contributed by atoms with Crippen molar-refractivity contribution in [3.05, 3.63) is 80.2 Å². The fourth-order valence-electron chi connectivity index (χ4n) is 7.02. The van der Waals surface area contributed by atoms with E-state index in [2.05, 4.69) is 11.2 Å². The maximum absolute atomic E-state index is 13.2. The van der Waals surface area contributed by atoms with Gasteiger partial charge in [0.15, 0.2) is 11.5 Å². The Morgan fingerprint density at radius 2 is 1.59 bits per heavy atom. The molecule has 3 aliphatic rings. The minimum absolute atomic E-state index is 0.00699. The van der Waals surface area contributed by atoms with E-state index >= 15 is 0 Å². The van der Waals surface area contributed by atoms with Gasteiger partial charge in [0.2, 0.25) is 0 Å². The first-order chi connectivity index (χ1) is 21.3. The van der Waals surface area contributed by atoms with Crippen LogP contribution in [-0.4, -0.2) is 38.4 Å². The molecule has 0 aromatic heterocycles. The summed E-state index contributed by atoms with van der Waals surface area (Å²) in [5.41, 5.74) is 2.41. The molecular formula is C35H35NO8S2. The smallest absolute Gasteiger partial charge is 0.298 e. The second-order valence-electron chi connectivity index (χ2n) is 13.5. The zero-order chi connectivity index (χ0) is 33.7. The molecule has 11 heteroatoms. The van der Waals surface area contributed by atoms with Crippen molar-refractivity contribution in [1.82, 2.24) is 5.32 Å². The third kappa shape index (κ3) is 4.70. The standard InChI is InChI=1S/C35H35NO8S2/c1-8-13-36-33(37)21-11-9-20(10-12-21)28-24-16-26-22(14-18(2)34(26,4)5)31(45(38,39)40)29(24)44-30-25(28)17-27-23(32(30)46(41,42)43)15-19(3)35(27,6)7/h1,9-12,14,16-19H,13,15H2,2-7H3,(H,36,37)(H,38,39,40)(H,41,42,43). The predicted octanol–water partition coefficient (Wildman–Crippen LogP) is 4.07. The van der Waals surface area contributed by atoms with E-state index in [9.17, 15) is 30.7 Å². The van der Waals surface area contributed by atoms with Crippen LogP contribution >= 0.6 is 0 Å². The molecule has 9 nitrogen and oxygen atoms in total. The van der Waals surface area contributed by atoms with Gasteiger partial charge in [-0.1, -0.05) is 65.7 Å². The van der Waals surface area contributed by atoms with E-state index in [1.165, 1.54) is 0 Å². The summed E-state index contributed by atoms with van der Waals surface area (Å²) in [6, 6.07) is 10.2. The molecule has 2 aliphatic carbocycles. The molecule has 3 aromatic carbocycles. The summed E-state index contributed by atoms with van der Waals surface area (Å²) < 4.78 is 80.3. The van der Waals surface area contributed by atoms with Gasteiger partial charge in [-0.15, -0.1) is 6.42 Å². The van der Waals surface area contributed by atoms with Gasteiger partial charge in [0.05, 0.1) is 6.54 Å². The Labute approximate surface area is 268 Å². The molecule has 2 atom stereocenters. The number of nitrogens with one attached hydrogen (secondary N) is 1. The van der Waals surface area contributed by atoms with Gasteiger partial charge in [0, 0.05) is 21.9 Å². The molecule has 1 amide bonds. The number of benzene rings is 3. The summed E-state index contributed by atoms with van der Waals surface area (Å²) in [7, 11) is -9.81. The van der Waals surface area contributed by atoms with Crippen LogP contribution in [0.2, 0.25) is 0 Å². The molecule has 0 radical (unpaired) electrons. The zero-order valence-corrected chi connectivity index (χ0v) is 28.0. The normalized spacial score (nSPS) is 20.4. The van der Waals surface area contributed by atoms with Crippen molar-refractivity contribution in [3.63, 3.8) is 0 Å². The summed E-state index contributed by atoms with van der Waals surface area (Å²) in [6.45, 7) is 12.0. The highest BCUT2D eigenvalue weighted by Gasteiger charge is 2.45. The SMILES string of the molecule is C#CCNC(=O)c1ccc(C2=c3cc4c(c(S(=O)(=O)O)c3Oc3c2cc2c(c3S(=O)(=O)O)CC(C)C2(C)C)=CC(C)C4(C)C)cc1. The van der Waals surface area contributed by atoms with Gasteiger partial charge in [-0.2, -0.15) is 16.8 Å². The Morgan fingerprint density at radius 1 is 0.957 bits per heavy atom. The average Bonchev–Trinajstić information content (AvgIpc) is 3.32. The molecule has 1 heterocycles. The van der Waals surface area contributed by atoms with Gasteiger partial charge < -0.3 is 10.1 Å². The lowest BCUT2D eigenvalue weighted by atomic mass is 9.77. The van der Waals surface area contributed by atoms with Crippen LogP contribution in [0.1, 0.15) is 79.7 Å². The lowest BCUT2D eigenvalue weighted by Gasteiger charge is -2.30. The van der Waals surface area contributed by atoms with Crippen LogP contribution in [0.25, 0.3) is 11.6 Å². The maximum atomic E-state index is 13.2. The first-order valence-electron chi connectivity index (χ1n) is 14.9. The van der Waals surface area contributed by atoms with Gasteiger partial charge in [0.1, 0.15) is 9.79 Å². The number of fused-ring (bicyclic) bond motifs is 4. The largest absolute Gasteiger partial charge is 0.453 e. The second kappa shape index (κ2) is 10.3. The monoisotopic (exact) mass is 661 g/mol. The van der Waals surface area contributed by atoms with Crippen molar-refractivity contribution in [2.75, 3.05) is 6.54 Å². The summed E-state index contributed by atoms with van der Waals surface area (Å²) in [5.74, 6) is 1.40. The van der Waals surface area contributed by atoms with Crippen molar-refractivity contribution in [3.8, 4) is 23.8 Å². The number of carbonyl (C=O) groups is 1. The van der Waals surface area contributed by atoms with E-state index in [-0.39, 0.29) is 41.0 Å². The molecule has 2 unspecified atom stereocenters. The molecular weight excluding hydrogens is 627 g/mol. The first kappa shape index (κ1) is 32.0. The fraction of sp³-hybridized carbons (Fsp3) is 0.343. The van der Waals surface area contributed by atoms with Crippen LogP contribution < -0.4 is 20.5 Å². The van der Waals surface area contributed by atoms with Gasteiger partial charge in [0.25, 0.3) is 26.1 Å². The predicted molar refractivity (Wildman–Crippen MR) is 174 cm³/mol. The van der Waals surface area contributed by atoms with E-state index in [4.69, 9.17) is 11.2 Å². The summed E-state index contributed by atoms with van der Waals surface area (Å²) in [6.07, 6.45) is 7.38. The molecule has 6 rings (SSSR count). The highest BCUT2D eigenvalue weighted by molar-refractivity contribution is 7.86. The summed E-state index contributed by atoms with van der Waals surface area (Å²) in [4.78, 5) is 11.7. The van der Waals surface area contributed by atoms with E-state index < -0.39 is 40.9 Å². The fourth-order valence-corrected chi connectivity index (χ4v) is 8.75. The molecule has 0 bridgehead atoms. The zero-order valence-electron chi connectivity index (χ0n) is 26.3. The van der Waals surface area contributed by atoms with Crippen molar-refractivity contribution in [2.45, 2.75) is 68.6 Å². The maximum Gasteiger partial charge on any atom is 0.298 e. The highest BCUT2D eigenvalue weighted by Crippen LogP contribution is 2.52. The molecule has 1 aliphatic heterocycles. The van der Waals surface area contributed by atoms with Crippen LogP contribution in [0.5, 0.6) is 11.5 Å². The number of hydrogen-bond acceptors (Lipinski definition) is 6. The van der Waals surface area contributed by atoms with Crippen LogP contribution in [0.4, 0.5) is 0 Å². The molecule has 46 heavy (non-hydrogen) atoms. The van der Waals surface area contributed by atoms with Gasteiger partial charge in [-0.25, -0.2) is 0 Å². The minimum Gasteiger partial charge on any atom is -0.453 e. The Morgan fingerprint density at radius 3 is 2.17 bits per heavy atom. The van der Waals surface area contributed by atoms with E-state index in [0.29, 0.717) is 45.0 Å². The summed E-state index contributed by atoms with van der Waals surface area (Å²) >= 11 is 0. The average molecular weight is 662 g/mol. The lowest BCUT2D eigenvalue weighted by molar-refractivity contribution is 0.0958. The number of rotatable bonds is 5. The van der Waals surface area contributed by atoms with Gasteiger partial charge in [-0.3, -0.25) is 13.9 Å². The van der Waals surface area contributed by atoms with Crippen molar-refractivity contribution < 1.29 is 35.5 Å². The van der Waals surface area contributed by atoms with Crippen molar-refractivity contribution >= 4 is 37.8 Å². The highest BCUT2D eigenvalue weighted by atomic mass is 32.2. The number of carbonyl (C=O) groups excluding carboxylic acids is 1. The van der Waals surface area contributed by atoms with Crippen molar-refractivity contribution in [1.29, 1.82) is 0 Å². The van der Waals surface area contributed by atoms with Gasteiger partial charge in [-0.05, 0) is 80.8 Å². The Kier molecular flexibility index (Phi) is 7.15. The Balaban J connectivity index is 1.80. The topological polar surface area (TPSA) is 147 Å². The van der Waals surface area contributed by atoms with Crippen molar-refractivity contribution in [2.24, 2.45) is 11.8 Å². The van der Waals surface area contributed by atoms with E-state index in [1.807, 2.05) is 53.7 Å². The molecule has 0 fully saturated rings. The van der Waals surface area contributed by atoms with Crippen LogP contribution in [-0.2, 0) is 37.5 Å². The second-order valence-corrected chi connectivity index (χ2v) is 16.3. The van der Waals surface area contributed by atoms with E-state index in [0.717, 1.165) is 5.56 Å². The molecule has 0 saturated heterocycles. The van der Waals surface area contributed by atoms with Crippen LogP contribution in [0.15, 0.2) is 46.2 Å². The Bertz CT molecular complexity index is 2260. The summed E-state index contributed by atoms with van der Waals surface area (Å²) in [5, 5.41) is 3.22. The van der Waals surface area contributed by atoms with E-state index in [1.54, 1.807) is 30.3 Å². The minimum atomic E-state index is -4.92. The first-order valence-corrected chi connectivity index (χ1v) is 17.8.